The molecule has 0 saturated heterocycles. The molecule has 2 aromatic heterocycles. The summed E-state index contributed by atoms with van der Waals surface area (Å²) in [7, 11) is 1.74. The minimum Gasteiger partial charge on any atom is -0.453 e. The topological polar surface area (TPSA) is 66.6 Å². The van der Waals surface area contributed by atoms with Gasteiger partial charge in [0, 0.05) is 19.4 Å². The SMILES string of the molecule is CC[C@@H](c1cccnc1)N(C)C(=O)c1ccc(CO)o1. The quantitative estimate of drug-likeness (QED) is 0.909. The van der Waals surface area contributed by atoms with E-state index in [1.54, 1.807) is 36.5 Å². The summed E-state index contributed by atoms with van der Waals surface area (Å²) in [6.45, 7) is 1.81. The van der Waals surface area contributed by atoms with E-state index in [4.69, 9.17) is 9.52 Å². The number of carbonyl (C=O) groups is 1. The van der Waals surface area contributed by atoms with E-state index in [1.807, 2.05) is 19.1 Å². The lowest BCUT2D eigenvalue weighted by Gasteiger charge is -2.26. The molecule has 0 unspecified atom stereocenters. The smallest absolute Gasteiger partial charge is 0.289 e. The molecule has 0 spiro atoms. The molecule has 106 valence electrons. The molecule has 1 N–H and O–H groups in total. The fourth-order valence-corrected chi connectivity index (χ4v) is 2.20. The molecule has 0 aromatic carbocycles. The van der Waals surface area contributed by atoms with E-state index in [2.05, 4.69) is 4.98 Å². The number of furan rings is 1. The highest BCUT2D eigenvalue weighted by Crippen LogP contribution is 2.24. The van der Waals surface area contributed by atoms with Crippen LogP contribution in [0.4, 0.5) is 0 Å². The van der Waals surface area contributed by atoms with E-state index in [1.165, 1.54) is 0 Å². The largest absolute Gasteiger partial charge is 0.453 e. The van der Waals surface area contributed by atoms with Gasteiger partial charge < -0.3 is 14.4 Å². The molecular formula is C15H18N2O3. The Balaban J connectivity index is 2.20. The summed E-state index contributed by atoms with van der Waals surface area (Å²) in [6.07, 6.45) is 4.25. The highest BCUT2D eigenvalue weighted by Gasteiger charge is 2.23. The van der Waals surface area contributed by atoms with Gasteiger partial charge in [0.05, 0.1) is 6.04 Å². The van der Waals surface area contributed by atoms with Crippen molar-refractivity contribution < 1.29 is 14.3 Å². The first-order chi connectivity index (χ1) is 9.67. The Morgan fingerprint density at radius 2 is 2.25 bits per heavy atom. The second-order valence-corrected chi connectivity index (χ2v) is 4.55. The Labute approximate surface area is 117 Å². The molecule has 1 amide bonds. The van der Waals surface area contributed by atoms with Gasteiger partial charge >= 0.3 is 0 Å². The number of hydrogen-bond acceptors (Lipinski definition) is 4. The van der Waals surface area contributed by atoms with E-state index < -0.39 is 0 Å². The van der Waals surface area contributed by atoms with Crippen molar-refractivity contribution in [2.75, 3.05) is 7.05 Å². The maximum absolute atomic E-state index is 12.4. The van der Waals surface area contributed by atoms with E-state index in [9.17, 15) is 4.79 Å². The Kier molecular flexibility index (Phi) is 4.53. The van der Waals surface area contributed by atoms with Crippen LogP contribution < -0.4 is 0 Å². The van der Waals surface area contributed by atoms with Crippen LogP contribution in [-0.2, 0) is 6.61 Å². The third kappa shape index (κ3) is 2.88. The van der Waals surface area contributed by atoms with Gasteiger partial charge in [0.15, 0.2) is 5.76 Å². The summed E-state index contributed by atoms with van der Waals surface area (Å²) in [5, 5.41) is 8.98. The molecule has 0 saturated carbocycles. The molecule has 20 heavy (non-hydrogen) atoms. The zero-order valence-electron chi connectivity index (χ0n) is 11.6. The molecule has 0 bridgehead atoms. The van der Waals surface area contributed by atoms with Crippen molar-refractivity contribution in [1.29, 1.82) is 0 Å². The maximum atomic E-state index is 12.4. The fourth-order valence-electron chi connectivity index (χ4n) is 2.20. The first kappa shape index (κ1) is 14.3. The van der Waals surface area contributed by atoms with E-state index in [-0.39, 0.29) is 24.3 Å². The molecule has 5 heteroatoms. The summed E-state index contributed by atoms with van der Waals surface area (Å²) in [6, 6.07) is 6.94. The van der Waals surface area contributed by atoms with Crippen molar-refractivity contribution in [3.63, 3.8) is 0 Å². The van der Waals surface area contributed by atoms with Gasteiger partial charge in [0.2, 0.25) is 0 Å². The monoisotopic (exact) mass is 274 g/mol. The van der Waals surface area contributed by atoms with Gasteiger partial charge in [-0.15, -0.1) is 0 Å². The van der Waals surface area contributed by atoms with Gasteiger partial charge in [0.1, 0.15) is 12.4 Å². The van der Waals surface area contributed by atoms with E-state index >= 15 is 0 Å². The minimum absolute atomic E-state index is 0.0566. The Hall–Kier alpha value is -2.14. The molecule has 0 aliphatic rings. The Morgan fingerprint density at radius 1 is 1.45 bits per heavy atom. The number of carbonyl (C=O) groups excluding carboxylic acids is 1. The van der Waals surface area contributed by atoms with Crippen LogP contribution >= 0.6 is 0 Å². The van der Waals surface area contributed by atoms with Crippen LogP contribution in [0.25, 0.3) is 0 Å². The molecule has 0 fully saturated rings. The van der Waals surface area contributed by atoms with Crippen LogP contribution in [0, 0.1) is 0 Å². The van der Waals surface area contributed by atoms with Crippen molar-refractivity contribution in [1.82, 2.24) is 9.88 Å². The van der Waals surface area contributed by atoms with Crippen molar-refractivity contribution >= 4 is 5.91 Å². The van der Waals surface area contributed by atoms with Crippen LogP contribution in [0.1, 0.15) is 41.3 Å². The second kappa shape index (κ2) is 6.34. The average molecular weight is 274 g/mol. The number of pyridine rings is 1. The first-order valence-electron chi connectivity index (χ1n) is 6.54. The number of aliphatic hydroxyl groups excluding tert-OH is 1. The van der Waals surface area contributed by atoms with Gasteiger partial charge in [-0.05, 0) is 30.2 Å². The maximum Gasteiger partial charge on any atom is 0.289 e. The summed E-state index contributed by atoms with van der Waals surface area (Å²) >= 11 is 0. The molecular weight excluding hydrogens is 256 g/mol. The number of amides is 1. The molecule has 2 rings (SSSR count). The third-order valence-electron chi connectivity index (χ3n) is 3.27. The summed E-state index contributed by atoms with van der Waals surface area (Å²) in [4.78, 5) is 18.1. The molecule has 0 aliphatic carbocycles. The van der Waals surface area contributed by atoms with Gasteiger partial charge in [-0.1, -0.05) is 13.0 Å². The van der Waals surface area contributed by atoms with Crippen LogP contribution in [0.5, 0.6) is 0 Å². The predicted octanol–water partition coefficient (Wildman–Crippen LogP) is 2.39. The first-order valence-corrected chi connectivity index (χ1v) is 6.54. The molecule has 1 atom stereocenters. The zero-order chi connectivity index (χ0) is 14.5. The summed E-state index contributed by atoms with van der Waals surface area (Å²) in [5.74, 6) is 0.412. The fraction of sp³-hybridized carbons (Fsp3) is 0.333. The highest BCUT2D eigenvalue weighted by atomic mass is 16.4. The summed E-state index contributed by atoms with van der Waals surface area (Å²) < 4.78 is 5.29. The van der Waals surface area contributed by atoms with Gasteiger partial charge in [-0.2, -0.15) is 0 Å². The van der Waals surface area contributed by atoms with Gasteiger partial charge in [0.25, 0.3) is 5.91 Å². The van der Waals surface area contributed by atoms with Crippen LogP contribution in [-0.4, -0.2) is 27.9 Å². The van der Waals surface area contributed by atoms with Crippen LogP contribution in [0.3, 0.4) is 0 Å². The second-order valence-electron chi connectivity index (χ2n) is 4.55. The summed E-state index contributed by atoms with van der Waals surface area (Å²) in [5.41, 5.74) is 0.986. The van der Waals surface area contributed by atoms with Crippen molar-refractivity contribution in [3.8, 4) is 0 Å². The lowest BCUT2D eigenvalue weighted by atomic mass is 10.1. The number of aliphatic hydroxyl groups is 1. The molecule has 0 radical (unpaired) electrons. The molecule has 0 aliphatic heterocycles. The average Bonchev–Trinajstić information content (AvgIpc) is 2.97. The number of hydrogen-bond donors (Lipinski definition) is 1. The minimum atomic E-state index is -0.212. The number of aromatic nitrogens is 1. The van der Waals surface area contributed by atoms with Gasteiger partial charge in [-0.3, -0.25) is 9.78 Å². The lowest BCUT2D eigenvalue weighted by molar-refractivity contribution is 0.0689. The van der Waals surface area contributed by atoms with E-state index in [0.717, 1.165) is 12.0 Å². The van der Waals surface area contributed by atoms with Crippen molar-refractivity contribution in [2.45, 2.75) is 26.0 Å². The van der Waals surface area contributed by atoms with Crippen molar-refractivity contribution in [2.24, 2.45) is 0 Å². The van der Waals surface area contributed by atoms with Crippen LogP contribution in [0.15, 0.2) is 41.1 Å². The van der Waals surface area contributed by atoms with E-state index in [0.29, 0.717) is 5.76 Å². The van der Waals surface area contributed by atoms with Crippen molar-refractivity contribution in [3.05, 3.63) is 53.7 Å². The third-order valence-corrected chi connectivity index (χ3v) is 3.27. The molecule has 5 nitrogen and oxygen atoms in total. The van der Waals surface area contributed by atoms with Gasteiger partial charge in [-0.25, -0.2) is 0 Å². The molecule has 2 aromatic rings. The lowest BCUT2D eigenvalue weighted by Crippen LogP contribution is -2.30. The Morgan fingerprint density at radius 3 is 2.80 bits per heavy atom. The molecule has 2 heterocycles. The standard InChI is InChI=1S/C15H18N2O3/c1-3-13(11-5-4-8-16-9-11)17(2)15(19)14-7-6-12(10-18)20-14/h4-9,13,18H,3,10H2,1-2H3/t13-/m0/s1. The predicted molar refractivity (Wildman–Crippen MR) is 74.0 cm³/mol. The number of rotatable bonds is 5. The Bertz CT molecular complexity index is 566. The highest BCUT2D eigenvalue weighted by molar-refractivity contribution is 5.91. The van der Waals surface area contributed by atoms with Crippen LogP contribution in [0.2, 0.25) is 0 Å². The number of nitrogens with zero attached hydrogens (tertiary/aromatic N) is 2. The normalized spacial score (nSPS) is 12.2. The zero-order valence-corrected chi connectivity index (χ0v) is 11.6.